The van der Waals surface area contributed by atoms with Crippen LogP contribution in [-0.4, -0.2) is 29.1 Å². The lowest BCUT2D eigenvalue weighted by molar-refractivity contribution is 0.354. The van der Waals surface area contributed by atoms with Crippen LogP contribution in [0.5, 0.6) is 17.2 Å². The van der Waals surface area contributed by atoms with Gasteiger partial charge in [-0.2, -0.15) is 15.0 Å². The third-order valence-electron chi connectivity index (χ3n) is 2.84. The number of nitriles is 1. The second-order valence-corrected chi connectivity index (χ2v) is 4.10. The van der Waals surface area contributed by atoms with Crippen LogP contribution >= 0.6 is 0 Å². The van der Waals surface area contributed by atoms with Gasteiger partial charge in [-0.1, -0.05) is 0 Å². The highest BCUT2D eigenvalue weighted by Gasteiger charge is 2.11. The van der Waals surface area contributed by atoms with E-state index < -0.39 is 5.56 Å². The Morgan fingerprint density at radius 1 is 1.29 bits per heavy atom. The standard InChI is InChI=1S/C14H13N3O4/c1-20-12-4-3-9(7-13(12)21-2)17-14(19)8-11(18)10(16-17)5-6-15/h3-4,7-8,18H,5H2,1-2H3. The van der Waals surface area contributed by atoms with Crippen LogP contribution in [0, 0.1) is 11.3 Å². The van der Waals surface area contributed by atoms with Gasteiger partial charge in [0.2, 0.25) is 0 Å². The van der Waals surface area contributed by atoms with Gasteiger partial charge in [0.25, 0.3) is 5.56 Å². The molecule has 7 heteroatoms. The summed E-state index contributed by atoms with van der Waals surface area (Å²) in [5.74, 6) is 0.669. The van der Waals surface area contributed by atoms with Gasteiger partial charge in [0.05, 0.1) is 32.4 Å². The van der Waals surface area contributed by atoms with E-state index in [9.17, 15) is 9.90 Å². The van der Waals surface area contributed by atoms with Crippen LogP contribution in [0.3, 0.4) is 0 Å². The number of hydrogen-bond acceptors (Lipinski definition) is 6. The highest BCUT2D eigenvalue weighted by Crippen LogP contribution is 2.28. The fourth-order valence-corrected chi connectivity index (χ4v) is 1.83. The lowest BCUT2D eigenvalue weighted by Gasteiger charge is -2.11. The molecule has 7 nitrogen and oxygen atoms in total. The van der Waals surface area contributed by atoms with Crippen LogP contribution in [0.15, 0.2) is 29.1 Å². The number of rotatable bonds is 4. The van der Waals surface area contributed by atoms with E-state index in [-0.39, 0.29) is 17.9 Å². The maximum atomic E-state index is 11.9. The average molecular weight is 287 g/mol. The van der Waals surface area contributed by atoms with E-state index in [1.807, 2.05) is 6.07 Å². The molecule has 0 saturated carbocycles. The average Bonchev–Trinajstić information content (AvgIpc) is 2.49. The third-order valence-corrected chi connectivity index (χ3v) is 2.84. The molecule has 108 valence electrons. The topological polar surface area (TPSA) is 97.4 Å². The molecular formula is C14H13N3O4. The zero-order chi connectivity index (χ0) is 15.4. The Hall–Kier alpha value is -3.01. The fourth-order valence-electron chi connectivity index (χ4n) is 1.83. The molecule has 0 bridgehead atoms. The number of methoxy groups -OCH3 is 2. The lowest BCUT2D eigenvalue weighted by Crippen LogP contribution is -2.21. The molecule has 1 aromatic carbocycles. The van der Waals surface area contributed by atoms with Crippen molar-refractivity contribution in [2.45, 2.75) is 6.42 Å². The van der Waals surface area contributed by atoms with Crippen molar-refractivity contribution in [3.05, 3.63) is 40.3 Å². The highest BCUT2D eigenvalue weighted by molar-refractivity contribution is 5.48. The molecule has 1 heterocycles. The van der Waals surface area contributed by atoms with Crippen molar-refractivity contribution in [2.24, 2.45) is 0 Å². The van der Waals surface area contributed by atoms with Gasteiger partial charge in [-0.25, -0.2) is 0 Å². The van der Waals surface area contributed by atoms with Crippen LogP contribution in [-0.2, 0) is 6.42 Å². The first-order chi connectivity index (χ1) is 10.1. The summed E-state index contributed by atoms with van der Waals surface area (Å²) >= 11 is 0. The quantitative estimate of drug-likeness (QED) is 0.901. The number of nitrogens with zero attached hydrogens (tertiary/aromatic N) is 3. The second-order valence-electron chi connectivity index (χ2n) is 4.10. The fraction of sp³-hybridized carbons (Fsp3) is 0.214. The molecule has 21 heavy (non-hydrogen) atoms. The van der Waals surface area contributed by atoms with Crippen molar-refractivity contribution < 1.29 is 14.6 Å². The van der Waals surface area contributed by atoms with E-state index in [2.05, 4.69) is 5.10 Å². The Balaban J connectivity index is 2.59. The van der Waals surface area contributed by atoms with Crippen LogP contribution in [0.4, 0.5) is 0 Å². The normalized spacial score (nSPS) is 9.95. The minimum absolute atomic E-state index is 0.0978. The van der Waals surface area contributed by atoms with Crippen LogP contribution in [0.25, 0.3) is 5.69 Å². The zero-order valence-corrected chi connectivity index (χ0v) is 11.5. The van der Waals surface area contributed by atoms with E-state index in [4.69, 9.17) is 14.7 Å². The number of aromatic hydroxyl groups is 1. The number of benzene rings is 1. The van der Waals surface area contributed by atoms with Crippen molar-refractivity contribution >= 4 is 0 Å². The third kappa shape index (κ3) is 2.79. The predicted octanol–water partition coefficient (Wildman–Crippen LogP) is 1.02. The minimum atomic E-state index is -0.513. The molecule has 0 amide bonds. The van der Waals surface area contributed by atoms with E-state index in [1.165, 1.54) is 14.2 Å². The Kier molecular flexibility index (Phi) is 4.09. The second kappa shape index (κ2) is 5.96. The van der Waals surface area contributed by atoms with Gasteiger partial charge >= 0.3 is 0 Å². The molecule has 0 aliphatic heterocycles. The SMILES string of the molecule is COc1ccc(-n2nc(CC#N)c(O)cc2=O)cc1OC. The molecule has 0 spiro atoms. The molecule has 2 rings (SSSR count). The zero-order valence-electron chi connectivity index (χ0n) is 11.5. The van der Waals surface area contributed by atoms with Gasteiger partial charge in [0.15, 0.2) is 11.5 Å². The van der Waals surface area contributed by atoms with Gasteiger partial charge in [-0.3, -0.25) is 4.79 Å². The maximum absolute atomic E-state index is 11.9. The molecule has 0 saturated heterocycles. The van der Waals surface area contributed by atoms with Crippen LogP contribution < -0.4 is 15.0 Å². The first kappa shape index (κ1) is 14.4. The summed E-state index contributed by atoms with van der Waals surface area (Å²) in [6, 6.07) is 7.76. The van der Waals surface area contributed by atoms with Gasteiger partial charge in [0.1, 0.15) is 11.4 Å². The molecule has 0 unspecified atom stereocenters. The van der Waals surface area contributed by atoms with E-state index >= 15 is 0 Å². The first-order valence-electron chi connectivity index (χ1n) is 6.02. The Morgan fingerprint density at radius 2 is 2.00 bits per heavy atom. The number of aromatic nitrogens is 2. The van der Waals surface area contributed by atoms with Crippen molar-refractivity contribution in [3.8, 4) is 29.0 Å². The summed E-state index contributed by atoms with van der Waals surface area (Å²) in [6.45, 7) is 0. The lowest BCUT2D eigenvalue weighted by atomic mass is 10.2. The van der Waals surface area contributed by atoms with E-state index in [0.29, 0.717) is 17.2 Å². The van der Waals surface area contributed by atoms with E-state index in [0.717, 1.165) is 10.7 Å². The molecule has 0 fully saturated rings. The smallest absolute Gasteiger partial charge is 0.275 e. The summed E-state index contributed by atoms with van der Waals surface area (Å²) in [7, 11) is 2.99. The molecular weight excluding hydrogens is 274 g/mol. The van der Waals surface area contributed by atoms with Crippen LogP contribution in [0.1, 0.15) is 5.69 Å². The van der Waals surface area contributed by atoms with E-state index in [1.54, 1.807) is 18.2 Å². The van der Waals surface area contributed by atoms with Gasteiger partial charge in [-0.15, -0.1) is 0 Å². The van der Waals surface area contributed by atoms with Gasteiger partial charge in [-0.05, 0) is 12.1 Å². The van der Waals surface area contributed by atoms with Crippen molar-refractivity contribution in [1.29, 1.82) is 5.26 Å². The summed E-state index contributed by atoms with van der Waals surface area (Å²) in [5.41, 5.74) is 0.0603. The Bertz CT molecular complexity index is 762. The van der Waals surface area contributed by atoms with Crippen molar-refractivity contribution in [2.75, 3.05) is 14.2 Å². The molecule has 1 N–H and O–H groups in total. The maximum Gasteiger partial charge on any atom is 0.275 e. The monoisotopic (exact) mass is 287 g/mol. The van der Waals surface area contributed by atoms with Crippen LogP contribution in [0.2, 0.25) is 0 Å². The molecule has 1 aromatic heterocycles. The molecule has 0 atom stereocenters. The number of ether oxygens (including phenoxy) is 2. The minimum Gasteiger partial charge on any atom is -0.506 e. The largest absolute Gasteiger partial charge is 0.506 e. The molecule has 0 radical (unpaired) electrons. The molecule has 0 aliphatic rings. The highest BCUT2D eigenvalue weighted by atomic mass is 16.5. The Labute approximate surface area is 120 Å². The summed E-state index contributed by atoms with van der Waals surface area (Å²) < 4.78 is 11.4. The summed E-state index contributed by atoms with van der Waals surface area (Å²) in [5, 5.41) is 22.3. The van der Waals surface area contributed by atoms with Gasteiger partial charge < -0.3 is 14.6 Å². The van der Waals surface area contributed by atoms with Gasteiger partial charge in [0, 0.05) is 12.1 Å². The molecule has 2 aromatic rings. The van der Waals surface area contributed by atoms with Crippen molar-refractivity contribution in [1.82, 2.24) is 9.78 Å². The number of hydrogen-bond donors (Lipinski definition) is 1. The predicted molar refractivity (Wildman–Crippen MR) is 73.9 cm³/mol. The summed E-state index contributed by atoms with van der Waals surface area (Å²) in [4.78, 5) is 11.9. The summed E-state index contributed by atoms with van der Waals surface area (Å²) in [6.07, 6.45) is -0.0978. The first-order valence-corrected chi connectivity index (χ1v) is 6.02. The Morgan fingerprint density at radius 3 is 2.62 bits per heavy atom. The van der Waals surface area contributed by atoms with Crippen molar-refractivity contribution in [3.63, 3.8) is 0 Å². The molecule has 0 aliphatic carbocycles.